The first-order valence-electron chi connectivity index (χ1n) is 21.1. The van der Waals surface area contributed by atoms with E-state index in [2.05, 4.69) is 29.4 Å². The smallest absolute Gasteiger partial charge is 0.329 e. The quantitative estimate of drug-likeness (QED) is 0.0139. The van der Waals surface area contributed by atoms with Gasteiger partial charge in [0.15, 0.2) is 0 Å². The summed E-state index contributed by atoms with van der Waals surface area (Å²) in [5.74, 6) is 0.741. The van der Waals surface area contributed by atoms with E-state index in [1.54, 1.807) is 62.6 Å². The predicted octanol–water partition coefficient (Wildman–Crippen LogP) is 7.35. The number of aromatic nitrogens is 2. The molecule has 0 aliphatic rings. The lowest BCUT2D eigenvalue weighted by atomic mass is 10.1. The SMILES string of the molecule is CC(N)=NCCC[C@H](NS(=O)(=O)c1ccc(C)cc1)C(=O)Cl.CC(N)=NCCC[C@H](NS(=O)(=O)c1ccc(C)cc1)C(=O)Oc1c[nH]c(-c2ccccc2)c1.Oc1c[nH]c(-c2ccccc2)c1. The zero-order valence-corrected chi connectivity index (χ0v) is 40.0. The van der Waals surface area contributed by atoms with Crippen molar-refractivity contribution in [1.82, 2.24) is 19.4 Å². The number of amidine groups is 2. The molecule has 0 saturated heterocycles. The molecule has 4 aromatic carbocycles. The second kappa shape index (κ2) is 25.9. The molecule has 0 unspecified atom stereocenters. The zero-order valence-electron chi connectivity index (χ0n) is 37.6. The highest BCUT2D eigenvalue weighted by atomic mass is 35.5. The summed E-state index contributed by atoms with van der Waals surface area (Å²) in [5.41, 5.74) is 16.6. The van der Waals surface area contributed by atoms with Gasteiger partial charge in [-0.3, -0.25) is 14.8 Å². The third kappa shape index (κ3) is 18.3. The summed E-state index contributed by atoms with van der Waals surface area (Å²) in [4.78, 5) is 38.6. The minimum Gasteiger partial charge on any atom is -0.506 e. The van der Waals surface area contributed by atoms with Crippen LogP contribution in [-0.4, -0.2) is 80.0 Å². The molecule has 6 aromatic rings. The standard InChI is InChI=1S/C24H28N4O4S.C14H20ClN3O3S.C10H9NO/c1-17-10-12-21(13-11-17)33(30,31)28-22(9-6-14-26-18(2)25)24(29)32-20-15-23(27-16-20)19-7-4-3-5-8-19;1-10-5-7-12(8-6-10)22(20,21)18-13(14(15)19)4-3-9-17-11(2)16;12-9-6-10(11-7-9)8-4-2-1-3-5-8/h3-5,7-8,10-13,15-16,22,27-28H,6,9,14H2,1-2H3,(H2,25,26);5-8,13,18H,3-4,9H2,1-2H3,(H2,16,17);1-7,11-12H/t22-;13-;/m00./s1. The molecule has 0 saturated carbocycles. The van der Waals surface area contributed by atoms with Gasteiger partial charge in [-0.05, 0) is 100 Å². The number of nitrogens with zero attached hydrogens (tertiary/aromatic N) is 2. The highest BCUT2D eigenvalue weighted by molar-refractivity contribution is 7.89. The lowest BCUT2D eigenvalue weighted by Gasteiger charge is -2.17. The van der Waals surface area contributed by atoms with Crippen LogP contribution in [0.2, 0.25) is 0 Å². The van der Waals surface area contributed by atoms with Gasteiger partial charge < -0.3 is 31.3 Å². The Morgan fingerprint density at radius 2 is 1.07 bits per heavy atom. The summed E-state index contributed by atoms with van der Waals surface area (Å²) >= 11 is 5.48. The van der Waals surface area contributed by atoms with Gasteiger partial charge in [-0.25, -0.2) is 21.6 Å². The fraction of sp³-hybridized carbons (Fsp3) is 0.250. The number of carbonyl (C=O) groups is 2. The number of rotatable bonds is 19. The molecular formula is C48H57ClN8O8S2. The van der Waals surface area contributed by atoms with Crippen LogP contribution in [0.4, 0.5) is 0 Å². The normalized spacial score (nSPS) is 12.7. The molecule has 356 valence electrons. The molecule has 19 heteroatoms. The number of H-pyrrole nitrogens is 2. The van der Waals surface area contributed by atoms with E-state index in [1.807, 2.05) is 74.5 Å². The molecule has 6 rings (SSSR count). The molecule has 0 spiro atoms. The van der Waals surface area contributed by atoms with Crippen molar-refractivity contribution in [2.75, 3.05) is 13.1 Å². The average molecular weight is 974 g/mol. The Labute approximate surface area is 397 Å². The van der Waals surface area contributed by atoms with Gasteiger partial charge in [-0.1, -0.05) is 96.1 Å². The van der Waals surface area contributed by atoms with Gasteiger partial charge >= 0.3 is 5.97 Å². The fourth-order valence-electron chi connectivity index (χ4n) is 6.06. The van der Waals surface area contributed by atoms with Crippen LogP contribution < -0.4 is 25.6 Å². The van der Waals surface area contributed by atoms with Crippen LogP contribution in [0.5, 0.6) is 11.5 Å². The number of aromatic amines is 2. The topological polar surface area (TPSA) is 264 Å². The number of halogens is 1. The number of nitrogens with two attached hydrogens (primary N) is 2. The molecular weight excluding hydrogens is 916 g/mol. The second-order valence-corrected chi connectivity index (χ2v) is 19.1. The van der Waals surface area contributed by atoms with Gasteiger partial charge in [0.25, 0.3) is 0 Å². The summed E-state index contributed by atoms with van der Waals surface area (Å²) in [6.45, 7) is 7.84. The molecule has 0 aliphatic heterocycles. The van der Waals surface area contributed by atoms with Crippen molar-refractivity contribution in [3.8, 4) is 34.0 Å². The molecule has 2 aromatic heterocycles. The van der Waals surface area contributed by atoms with E-state index in [1.165, 1.54) is 24.3 Å². The summed E-state index contributed by atoms with van der Waals surface area (Å²) in [5, 5.41) is 8.34. The van der Waals surface area contributed by atoms with E-state index in [-0.39, 0.29) is 28.4 Å². The van der Waals surface area contributed by atoms with Crippen molar-refractivity contribution in [2.24, 2.45) is 21.5 Å². The van der Waals surface area contributed by atoms with Gasteiger partial charge in [-0.2, -0.15) is 9.44 Å². The fourth-order valence-corrected chi connectivity index (χ4v) is 8.74. The Hall–Kier alpha value is -6.57. The number of carbonyl (C=O) groups excluding carboxylic acids is 2. The highest BCUT2D eigenvalue weighted by Gasteiger charge is 2.28. The predicted molar refractivity (Wildman–Crippen MR) is 264 cm³/mol. The summed E-state index contributed by atoms with van der Waals surface area (Å²) in [7, 11) is -7.71. The third-order valence-electron chi connectivity index (χ3n) is 9.55. The van der Waals surface area contributed by atoms with E-state index in [4.69, 9.17) is 32.9 Å². The molecule has 2 heterocycles. The van der Waals surface area contributed by atoms with Gasteiger partial charge in [0.1, 0.15) is 17.5 Å². The van der Waals surface area contributed by atoms with Crippen LogP contribution >= 0.6 is 11.6 Å². The minimum absolute atomic E-state index is 0.0785. The average Bonchev–Trinajstić information content (AvgIpc) is 3.96. The van der Waals surface area contributed by atoms with Crippen LogP contribution in [0.25, 0.3) is 22.5 Å². The number of aryl methyl sites for hydroxylation is 2. The van der Waals surface area contributed by atoms with Crippen LogP contribution in [0, 0.1) is 13.8 Å². The monoisotopic (exact) mass is 972 g/mol. The molecule has 16 nitrogen and oxygen atoms in total. The van der Waals surface area contributed by atoms with Crippen molar-refractivity contribution in [2.45, 2.75) is 75.3 Å². The first-order chi connectivity index (χ1) is 31.8. The Bertz CT molecular complexity index is 2770. The largest absolute Gasteiger partial charge is 0.506 e. The summed E-state index contributed by atoms with van der Waals surface area (Å²) < 4.78 is 60.5. The third-order valence-corrected chi connectivity index (χ3v) is 12.8. The van der Waals surface area contributed by atoms with Crippen molar-refractivity contribution in [3.63, 3.8) is 0 Å². The highest BCUT2D eigenvalue weighted by Crippen LogP contribution is 2.24. The molecule has 67 heavy (non-hydrogen) atoms. The maximum absolute atomic E-state index is 12.9. The maximum atomic E-state index is 12.9. The van der Waals surface area contributed by atoms with Crippen LogP contribution in [0.15, 0.2) is 153 Å². The number of aliphatic imine (C=N–C) groups is 2. The van der Waals surface area contributed by atoms with Gasteiger partial charge in [0.2, 0.25) is 25.3 Å². The molecule has 0 amide bonds. The van der Waals surface area contributed by atoms with E-state index < -0.39 is 43.3 Å². The van der Waals surface area contributed by atoms with E-state index >= 15 is 0 Å². The molecule has 0 radical (unpaired) electrons. The van der Waals surface area contributed by atoms with Crippen molar-refractivity contribution in [1.29, 1.82) is 0 Å². The van der Waals surface area contributed by atoms with E-state index in [0.29, 0.717) is 43.4 Å². The Morgan fingerprint density at radius 1 is 0.657 bits per heavy atom. The number of esters is 1. The number of nitrogens with one attached hydrogen (secondary N) is 4. The Kier molecular flexibility index (Phi) is 20.5. The number of benzene rings is 4. The second-order valence-electron chi connectivity index (χ2n) is 15.3. The number of hydrogen-bond donors (Lipinski definition) is 7. The molecule has 0 aliphatic carbocycles. The molecule has 9 N–H and O–H groups in total. The first-order valence-corrected chi connectivity index (χ1v) is 24.5. The van der Waals surface area contributed by atoms with Crippen LogP contribution in [0.3, 0.4) is 0 Å². The minimum atomic E-state index is -3.92. The summed E-state index contributed by atoms with van der Waals surface area (Å²) in [6, 6.07) is 33.5. The number of aromatic hydroxyl groups is 1. The Morgan fingerprint density at radius 3 is 1.49 bits per heavy atom. The zero-order chi connectivity index (χ0) is 49.0. The van der Waals surface area contributed by atoms with Gasteiger partial charge in [0.05, 0.1) is 27.5 Å². The molecule has 2 atom stereocenters. The lowest BCUT2D eigenvalue weighted by molar-refractivity contribution is -0.136. The first kappa shape index (κ1) is 53.0. The Balaban J connectivity index is 0.000000246. The van der Waals surface area contributed by atoms with Crippen LogP contribution in [-0.2, 0) is 29.6 Å². The van der Waals surface area contributed by atoms with Crippen molar-refractivity contribution >= 4 is 54.5 Å². The van der Waals surface area contributed by atoms with Crippen molar-refractivity contribution < 1.29 is 36.3 Å². The van der Waals surface area contributed by atoms with E-state index in [9.17, 15) is 26.4 Å². The maximum Gasteiger partial charge on any atom is 0.329 e. The van der Waals surface area contributed by atoms with Crippen LogP contribution in [0.1, 0.15) is 50.7 Å². The van der Waals surface area contributed by atoms with Crippen molar-refractivity contribution in [3.05, 3.63) is 145 Å². The molecule has 0 fully saturated rings. The summed E-state index contributed by atoms with van der Waals surface area (Å²) in [6.07, 6.45) is 4.54. The number of ether oxygens (including phenoxy) is 1. The van der Waals surface area contributed by atoms with E-state index in [0.717, 1.165) is 33.6 Å². The number of sulfonamides is 2. The van der Waals surface area contributed by atoms with Gasteiger partial charge in [0, 0.05) is 49.0 Å². The lowest BCUT2D eigenvalue weighted by Crippen LogP contribution is -2.43. The number of hydrogen-bond acceptors (Lipinski definition) is 10. The van der Waals surface area contributed by atoms with Gasteiger partial charge in [-0.15, -0.1) is 0 Å². The molecule has 0 bridgehead atoms.